The molecule has 0 amide bonds. The second-order valence-corrected chi connectivity index (χ2v) is 4.98. The summed E-state index contributed by atoms with van der Waals surface area (Å²) >= 11 is 0. The molecule has 0 aromatic rings. The van der Waals surface area contributed by atoms with E-state index in [9.17, 15) is 8.42 Å². The van der Waals surface area contributed by atoms with Gasteiger partial charge in [-0.2, -0.15) is 8.42 Å². The Kier molecular flexibility index (Phi) is 2.75. The maximum Gasteiger partial charge on any atom is 0.267 e. The van der Waals surface area contributed by atoms with Crippen LogP contribution in [0.25, 0.3) is 0 Å². The Labute approximate surface area is 73.0 Å². The van der Waals surface area contributed by atoms with Crippen LogP contribution in [0.4, 0.5) is 0 Å². The zero-order chi connectivity index (χ0) is 9.24. The summed E-state index contributed by atoms with van der Waals surface area (Å²) in [6.45, 7) is 4.29. The predicted octanol–water partition coefficient (Wildman–Crippen LogP) is 0.532. The van der Waals surface area contributed by atoms with Gasteiger partial charge in [0.25, 0.3) is 10.1 Å². The molecular weight excluding hydrogens is 180 g/mol. The van der Waals surface area contributed by atoms with E-state index in [1.807, 2.05) is 0 Å². The molecule has 0 bridgehead atoms. The molecule has 72 valence electrons. The van der Waals surface area contributed by atoms with E-state index in [2.05, 4.69) is 0 Å². The summed E-state index contributed by atoms with van der Waals surface area (Å²) in [7, 11) is -3.33. The van der Waals surface area contributed by atoms with Crippen LogP contribution in [0.1, 0.15) is 20.3 Å². The summed E-state index contributed by atoms with van der Waals surface area (Å²) in [5.74, 6) is 0.0859. The minimum Gasteiger partial charge on any atom is -0.375 e. The second-order valence-electron chi connectivity index (χ2n) is 3.29. The van der Waals surface area contributed by atoms with Gasteiger partial charge in [0.2, 0.25) is 0 Å². The Morgan fingerprint density at radius 1 is 1.50 bits per heavy atom. The van der Waals surface area contributed by atoms with Crippen molar-refractivity contribution in [1.29, 1.82) is 0 Å². The maximum absolute atomic E-state index is 11.2. The monoisotopic (exact) mass is 194 g/mol. The fourth-order valence-corrected chi connectivity index (χ4v) is 2.33. The first kappa shape index (κ1) is 9.95. The summed E-state index contributed by atoms with van der Waals surface area (Å²) in [6, 6.07) is 0. The van der Waals surface area contributed by atoms with Crippen LogP contribution in [0.5, 0.6) is 0 Å². The molecule has 0 unspecified atom stereocenters. The van der Waals surface area contributed by atoms with E-state index in [1.54, 1.807) is 13.8 Å². The van der Waals surface area contributed by atoms with Crippen LogP contribution in [-0.4, -0.2) is 33.0 Å². The topological polar surface area (TPSA) is 52.6 Å². The van der Waals surface area contributed by atoms with Gasteiger partial charge in [0.1, 0.15) is 5.60 Å². The lowest BCUT2D eigenvalue weighted by molar-refractivity contribution is -0.147. The van der Waals surface area contributed by atoms with Crippen LogP contribution < -0.4 is 0 Å². The number of hydrogen-bond acceptors (Lipinski definition) is 4. The molecule has 0 N–H and O–H groups in total. The lowest BCUT2D eigenvalue weighted by Gasteiger charge is -2.36. The fraction of sp³-hybridized carbons (Fsp3) is 1.00. The van der Waals surface area contributed by atoms with Crippen LogP contribution >= 0.6 is 0 Å². The van der Waals surface area contributed by atoms with Crippen molar-refractivity contribution in [2.75, 3.05) is 19.0 Å². The Morgan fingerprint density at radius 3 is 2.42 bits per heavy atom. The van der Waals surface area contributed by atoms with Gasteiger partial charge in [0.05, 0.1) is 19.0 Å². The van der Waals surface area contributed by atoms with E-state index >= 15 is 0 Å². The Hall–Kier alpha value is -0.130. The molecule has 0 spiro atoms. The second kappa shape index (κ2) is 3.32. The zero-order valence-corrected chi connectivity index (χ0v) is 8.19. The summed E-state index contributed by atoms with van der Waals surface area (Å²) < 4.78 is 32.1. The molecular formula is C7H14O4S. The Bertz CT molecular complexity index is 240. The third kappa shape index (κ3) is 2.43. The van der Waals surface area contributed by atoms with Gasteiger partial charge < -0.3 is 4.74 Å². The average molecular weight is 194 g/mol. The van der Waals surface area contributed by atoms with E-state index in [1.165, 1.54) is 0 Å². The van der Waals surface area contributed by atoms with Crippen molar-refractivity contribution in [3.8, 4) is 0 Å². The largest absolute Gasteiger partial charge is 0.375 e. The van der Waals surface area contributed by atoms with Crippen LogP contribution in [0.3, 0.4) is 0 Å². The van der Waals surface area contributed by atoms with Crippen LogP contribution in [-0.2, 0) is 19.0 Å². The molecule has 0 aromatic heterocycles. The normalized spacial score (nSPS) is 21.8. The molecule has 1 heterocycles. The van der Waals surface area contributed by atoms with Crippen molar-refractivity contribution in [1.82, 2.24) is 0 Å². The SMILES string of the molecule is CCCS(=O)(=O)OC1(C)COC1. The highest BCUT2D eigenvalue weighted by Gasteiger charge is 2.38. The van der Waals surface area contributed by atoms with E-state index in [0.29, 0.717) is 19.6 Å². The Morgan fingerprint density at radius 2 is 2.08 bits per heavy atom. The smallest absolute Gasteiger partial charge is 0.267 e. The summed E-state index contributed by atoms with van der Waals surface area (Å²) in [4.78, 5) is 0. The maximum atomic E-state index is 11.2. The third-order valence-corrected chi connectivity index (χ3v) is 3.16. The molecule has 4 nitrogen and oxygen atoms in total. The van der Waals surface area contributed by atoms with Crippen LogP contribution in [0.2, 0.25) is 0 Å². The predicted molar refractivity (Wildman–Crippen MR) is 44.4 cm³/mol. The van der Waals surface area contributed by atoms with Gasteiger partial charge in [-0.25, -0.2) is 0 Å². The summed E-state index contributed by atoms with van der Waals surface area (Å²) in [5, 5.41) is 0. The highest BCUT2D eigenvalue weighted by molar-refractivity contribution is 7.86. The van der Waals surface area contributed by atoms with E-state index < -0.39 is 15.7 Å². The van der Waals surface area contributed by atoms with Gasteiger partial charge in [-0.05, 0) is 13.3 Å². The molecule has 1 fully saturated rings. The molecule has 1 saturated heterocycles. The van der Waals surface area contributed by atoms with Gasteiger partial charge in [-0.15, -0.1) is 0 Å². The van der Waals surface area contributed by atoms with E-state index in [4.69, 9.17) is 8.92 Å². The summed E-state index contributed by atoms with van der Waals surface area (Å²) in [5.41, 5.74) is -0.603. The highest BCUT2D eigenvalue weighted by atomic mass is 32.2. The average Bonchev–Trinajstić information content (AvgIpc) is 1.83. The number of rotatable bonds is 4. The fourth-order valence-electron chi connectivity index (χ4n) is 1.04. The minimum atomic E-state index is -3.33. The third-order valence-electron chi connectivity index (χ3n) is 1.60. The first-order valence-corrected chi connectivity index (χ1v) is 5.56. The molecule has 1 aliphatic rings. The molecule has 5 heteroatoms. The van der Waals surface area contributed by atoms with Crippen molar-refractivity contribution >= 4 is 10.1 Å². The lowest BCUT2D eigenvalue weighted by Crippen LogP contribution is -2.50. The van der Waals surface area contributed by atoms with Crippen molar-refractivity contribution < 1.29 is 17.3 Å². The van der Waals surface area contributed by atoms with Gasteiger partial charge in [0, 0.05) is 0 Å². The van der Waals surface area contributed by atoms with Crippen molar-refractivity contribution in [3.05, 3.63) is 0 Å². The molecule has 12 heavy (non-hydrogen) atoms. The molecule has 0 aromatic carbocycles. The molecule has 0 atom stereocenters. The van der Waals surface area contributed by atoms with Gasteiger partial charge >= 0.3 is 0 Å². The quantitative estimate of drug-likeness (QED) is 0.613. The van der Waals surface area contributed by atoms with E-state index in [-0.39, 0.29) is 5.75 Å². The first-order valence-electron chi connectivity index (χ1n) is 3.98. The molecule has 1 rings (SSSR count). The molecule has 0 saturated carbocycles. The Balaban J connectivity index is 2.49. The number of hydrogen-bond donors (Lipinski definition) is 0. The first-order chi connectivity index (χ1) is 5.47. The lowest BCUT2D eigenvalue weighted by atomic mass is 10.1. The van der Waals surface area contributed by atoms with Gasteiger partial charge in [0.15, 0.2) is 0 Å². The van der Waals surface area contributed by atoms with Crippen LogP contribution in [0, 0.1) is 0 Å². The van der Waals surface area contributed by atoms with E-state index in [0.717, 1.165) is 0 Å². The standard InChI is InChI=1S/C7H14O4S/c1-3-4-12(8,9)11-7(2)5-10-6-7/h3-6H2,1-2H3. The molecule has 1 aliphatic heterocycles. The van der Waals surface area contributed by atoms with Gasteiger partial charge in [-0.1, -0.05) is 6.92 Å². The van der Waals surface area contributed by atoms with Crippen molar-refractivity contribution in [3.63, 3.8) is 0 Å². The minimum absolute atomic E-state index is 0.0859. The molecule has 0 radical (unpaired) electrons. The summed E-state index contributed by atoms with van der Waals surface area (Å²) in [6.07, 6.45) is 0.583. The van der Waals surface area contributed by atoms with Crippen LogP contribution in [0.15, 0.2) is 0 Å². The molecule has 0 aliphatic carbocycles. The van der Waals surface area contributed by atoms with Gasteiger partial charge in [-0.3, -0.25) is 4.18 Å². The van der Waals surface area contributed by atoms with Crippen molar-refractivity contribution in [2.24, 2.45) is 0 Å². The highest BCUT2D eigenvalue weighted by Crippen LogP contribution is 2.23. The van der Waals surface area contributed by atoms with Crippen molar-refractivity contribution in [2.45, 2.75) is 25.9 Å². The zero-order valence-electron chi connectivity index (χ0n) is 7.37. The number of ether oxygens (including phenoxy) is 1.